The topological polar surface area (TPSA) is 29.1 Å². The number of nitrogens with one attached hydrogen (secondary N) is 1. The zero-order valence-electron chi connectivity index (χ0n) is 7.01. The number of alkyl halides is 1. The largest absolute Gasteiger partial charge is 0.329 e. The predicted molar refractivity (Wildman–Crippen MR) is 52.0 cm³/mol. The van der Waals surface area contributed by atoms with E-state index in [1.165, 1.54) is 0 Å². The fourth-order valence-electron chi connectivity index (χ4n) is 0.573. The summed E-state index contributed by atoms with van der Waals surface area (Å²) < 4.78 is 0. The van der Waals surface area contributed by atoms with Crippen molar-refractivity contribution >= 4 is 17.5 Å². The van der Waals surface area contributed by atoms with Crippen molar-refractivity contribution in [2.75, 3.05) is 5.88 Å². The number of halogens is 1. The maximum Gasteiger partial charge on any atom is 0.239 e. The van der Waals surface area contributed by atoms with E-state index >= 15 is 0 Å². The molecule has 0 rings (SSSR count). The molecular formula is C9H12ClNO. The molecular weight excluding hydrogens is 174 g/mol. The van der Waals surface area contributed by atoms with Crippen LogP contribution in [0.4, 0.5) is 0 Å². The number of amides is 1. The lowest BCUT2D eigenvalue weighted by Crippen LogP contribution is -2.21. The molecule has 3 heteroatoms. The van der Waals surface area contributed by atoms with Crippen molar-refractivity contribution in [1.82, 2.24) is 5.32 Å². The van der Waals surface area contributed by atoms with Gasteiger partial charge in [-0.1, -0.05) is 24.8 Å². The molecule has 1 amide bonds. The van der Waals surface area contributed by atoms with Gasteiger partial charge in [0.25, 0.3) is 0 Å². The molecule has 0 aliphatic rings. The molecule has 0 fully saturated rings. The van der Waals surface area contributed by atoms with Gasteiger partial charge in [0.05, 0.1) is 0 Å². The Balaban J connectivity index is 3.93. The van der Waals surface area contributed by atoms with Gasteiger partial charge in [0.2, 0.25) is 5.91 Å². The summed E-state index contributed by atoms with van der Waals surface area (Å²) in [6.45, 7) is 5.30. The molecule has 0 saturated heterocycles. The zero-order valence-corrected chi connectivity index (χ0v) is 7.77. The molecule has 0 spiro atoms. The normalized spacial score (nSPS) is 11.7. The molecule has 0 unspecified atom stereocenters. The Hall–Kier alpha value is -1.02. The van der Waals surface area contributed by atoms with Crippen LogP contribution in [0.25, 0.3) is 0 Å². The summed E-state index contributed by atoms with van der Waals surface area (Å²) in [7, 11) is 0. The van der Waals surface area contributed by atoms with Crippen molar-refractivity contribution in [3.05, 3.63) is 36.6 Å². The molecule has 0 radical (unpaired) electrons. The third kappa shape index (κ3) is 5.74. The average Bonchev–Trinajstić information content (AvgIpc) is 2.05. The summed E-state index contributed by atoms with van der Waals surface area (Å²) in [5, 5.41) is 2.59. The van der Waals surface area contributed by atoms with Crippen molar-refractivity contribution < 1.29 is 4.79 Å². The smallest absolute Gasteiger partial charge is 0.239 e. The van der Waals surface area contributed by atoms with Crippen LogP contribution in [0.5, 0.6) is 0 Å². The Bertz CT molecular complexity index is 219. The summed E-state index contributed by atoms with van der Waals surface area (Å²) >= 11 is 5.28. The first-order valence-corrected chi connectivity index (χ1v) is 4.06. The molecule has 66 valence electrons. The Kier molecular flexibility index (Phi) is 6.11. The van der Waals surface area contributed by atoms with Gasteiger partial charge in [0.15, 0.2) is 0 Å². The highest BCUT2D eigenvalue weighted by Crippen LogP contribution is 1.88. The summed E-state index contributed by atoms with van der Waals surface area (Å²) in [6.07, 6.45) is 6.99. The molecule has 0 aliphatic carbocycles. The molecule has 1 N–H and O–H groups in total. The lowest BCUT2D eigenvalue weighted by molar-refractivity contribution is -0.117. The second kappa shape index (κ2) is 6.68. The molecule has 0 heterocycles. The molecule has 0 aliphatic heterocycles. The molecule has 0 aromatic rings. The van der Waals surface area contributed by atoms with Crippen LogP contribution in [0.1, 0.15) is 6.92 Å². The van der Waals surface area contributed by atoms with Crippen LogP contribution in [0, 0.1) is 0 Å². The monoisotopic (exact) mass is 185 g/mol. The Morgan fingerprint density at radius 3 is 2.75 bits per heavy atom. The van der Waals surface area contributed by atoms with Crippen molar-refractivity contribution in [3.8, 4) is 0 Å². The summed E-state index contributed by atoms with van der Waals surface area (Å²) in [4.78, 5) is 10.7. The first-order valence-electron chi connectivity index (χ1n) is 3.52. The fourth-order valence-corrected chi connectivity index (χ4v) is 0.640. The average molecular weight is 186 g/mol. The SMILES string of the molecule is C=C/C=C\C=C(/C)NC(=O)CCl. The van der Waals surface area contributed by atoms with Gasteiger partial charge < -0.3 is 5.32 Å². The van der Waals surface area contributed by atoms with Crippen molar-refractivity contribution in [3.63, 3.8) is 0 Å². The Morgan fingerprint density at radius 2 is 2.25 bits per heavy atom. The lowest BCUT2D eigenvalue weighted by atomic mass is 10.4. The number of hydrogen-bond acceptors (Lipinski definition) is 1. The standard InChI is InChI=1S/C9H12ClNO/c1-3-4-5-6-8(2)11-9(12)7-10/h3-6H,1,7H2,2H3,(H,11,12)/b5-4-,8-6+. The van der Waals surface area contributed by atoms with E-state index in [2.05, 4.69) is 11.9 Å². The number of hydrogen-bond donors (Lipinski definition) is 1. The minimum Gasteiger partial charge on any atom is -0.329 e. The summed E-state index contributed by atoms with van der Waals surface area (Å²) in [5.41, 5.74) is 0.763. The molecule has 0 aromatic carbocycles. The molecule has 0 saturated carbocycles. The van der Waals surface area contributed by atoms with Crippen LogP contribution in [0.15, 0.2) is 36.6 Å². The minimum absolute atomic E-state index is 0.0175. The summed E-state index contributed by atoms with van der Waals surface area (Å²) in [5.74, 6) is -0.214. The maximum absolute atomic E-state index is 10.7. The van der Waals surface area contributed by atoms with Crippen LogP contribution in [-0.4, -0.2) is 11.8 Å². The van der Waals surface area contributed by atoms with E-state index in [0.717, 1.165) is 5.70 Å². The number of carbonyl (C=O) groups excluding carboxylic acids is 1. The van der Waals surface area contributed by atoms with Gasteiger partial charge in [-0.3, -0.25) is 4.79 Å². The van der Waals surface area contributed by atoms with E-state index in [0.29, 0.717) is 0 Å². The number of rotatable bonds is 4. The van der Waals surface area contributed by atoms with Gasteiger partial charge >= 0.3 is 0 Å². The zero-order chi connectivity index (χ0) is 9.40. The molecule has 0 bridgehead atoms. The first-order chi connectivity index (χ1) is 5.70. The molecule has 0 atom stereocenters. The highest BCUT2D eigenvalue weighted by Gasteiger charge is 1.95. The second-order valence-corrected chi connectivity index (χ2v) is 2.42. The van der Waals surface area contributed by atoms with Gasteiger partial charge in [0, 0.05) is 5.70 Å². The van der Waals surface area contributed by atoms with E-state index in [1.54, 1.807) is 31.2 Å². The second-order valence-electron chi connectivity index (χ2n) is 2.15. The molecule has 2 nitrogen and oxygen atoms in total. The van der Waals surface area contributed by atoms with Crippen molar-refractivity contribution in [2.24, 2.45) is 0 Å². The third-order valence-electron chi connectivity index (χ3n) is 1.05. The van der Waals surface area contributed by atoms with Crippen LogP contribution >= 0.6 is 11.6 Å². The third-order valence-corrected chi connectivity index (χ3v) is 1.29. The summed E-state index contributed by atoms with van der Waals surface area (Å²) in [6, 6.07) is 0. The van der Waals surface area contributed by atoms with Crippen molar-refractivity contribution in [1.29, 1.82) is 0 Å². The van der Waals surface area contributed by atoms with Crippen LogP contribution in [0.3, 0.4) is 0 Å². The first kappa shape index (κ1) is 11.0. The van der Waals surface area contributed by atoms with E-state index in [9.17, 15) is 4.79 Å². The van der Waals surface area contributed by atoms with Crippen LogP contribution in [-0.2, 0) is 4.79 Å². The molecule has 12 heavy (non-hydrogen) atoms. The van der Waals surface area contributed by atoms with Gasteiger partial charge in [-0.05, 0) is 13.0 Å². The van der Waals surface area contributed by atoms with Crippen molar-refractivity contribution in [2.45, 2.75) is 6.92 Å². The predicted octanol–water partition coefficient (Wildman–Crippen LogP) is 1.99. The van der Waals surface area contributed by atoms with E-state index in [-0.39, 0.29) is 11.8 Å². The Labute approximate surface area is 77.6 Å². The highest BCUT2D eigenvalue weighted by atomic mass is 35.5. The maximum atomic E-state index is 10.7. The number of carbonyl (C=O) groups is 1. The fraction of sp³-hybridized carbons (Fsp3) is 0.222. The van der Waals surface area contributed by atoms with Crippen LogP contribution in [0.2, 0.25) is 0 Å². The highest BCUT2D eigenvalue weighted by molar-refractivity contribution is 6.27. The lowest BCUT2D eigenvalue weighted by Gasteiger charge is -1.99. The quantitative estimate of drug-likeness (QED) is 0.527. The van der Waals surface area contributed by atoms with Gasteiger partial charge in [-0.15, -0.1) is 11.6 Å². The van der Waals surface area contributed by atoms with E-state index in [1.807, 2.05) is 0 Å². The Morgan fingerprint density at radius 1 is 1.58 bits per heavy atom. The van der Waals surface area contributed by atoms with E-state index in [4.69, 9.17) is 11.6 Å². The van der Waals surface area contributed by atoms with Gasteiger partial charge in [-0.2, -0.15) is 0 Å². The van der Waals surface area contributed by atoms with Gasteiger partial charge in [0.1, 0.15) is 5.88 Å². The van der Waals surface area contributed by atoms with Gasteiger partial charge in [-0.25, -0.2) is 0 Å². The van der Waals surface area contributed by atoms with E-state index < -0.39 is 0 Å². The number of allylic oxidation sites excluding steroid dienone is 5. The van der Waals surface area contributed by atoms with Crippen LogP contribution < -0.4 is 5.32 Å². The molecule has 0 aromatic heterocycles. The minimum atomic E-state index is -0.197.